The van der Waals surface area contributed by atoms with Gasteiger partial charge in [0.25, 0.3) is 0 Å². The monoisotopic (exact) mass is 248 g/mol. The Kier molecular flexibility index (Phi) is 3.29. The van der Waals surface area contributed by atoms with Crippen molar-refractivity contribution in [2.24, 2.45) is 0 Å². The van der Waals surface area contributed by atoms with E-state index in [1.54, 1.807) is 18.2 Å². The number of nitro benzene ring substituents is 1. The average molecular weight is 248 g/mol. The van der Waals surface area contributed by atoms with Gasteiger partial charge < -0.3 is 5.11 Å². The van der Waals surface area contributed by atoms with E-state index in [-0.39, 0.29) is 5.56 Å². The fourth-order valence-corrected chi connectivity index (χ4v) is 1.55. The number of halogens is 1. The van der Waals surface area contributed by atoms with E-state index in [1.165, 1.54) is 12.3 Å². The summed E-state index contributed by atoms with van der Waals surface area (Å²) in [4.78, 5) is 13.7. The second-order valence-corrected chi connectivity index (χ2v) is 3.63. The van der Waals surface area contributed by atoms with Crippen LogP contribution in [0.4, 0.5) is 10.1 Å². The molecule has 5 nitrogen and oxygen atoms in total. The van der Waals surface area contributed by atoms with E-state index in [1.807, 2.05) is 0 Å². The van der Waals surface area contributed by atoms with Gasteiger partial charge in [0.1, 0.15) is 6.10 Å². The number of nitro groups is 1. The smallest absolute Gasteiger partial charge is 0.305 e. The van der Waals surface area contributed by atoms with Crippen LogP contribution in [-0.2, 0) is 0 Å². The van der Waals surface area contributed by atoms with Crippen molar-refractivity contribution < 1.29 is 14.4 Å². The maximum atomic E-state index is 13.1. The highest BCUT2D eigenvalue weighted by molar-refractivity contribution is 5.39. The SMILES string of the molecule is O=[N+]([O-])c1cc(C(O)c2ccccn2)ccc1F. The van der Waals surface area contributed by atoms with Crippen molar-refractivity contribution >= 4 is 5.69 Å². The van der Waals surface area contributed by atoms with Gasteiger partial charge in [0, 0.05) is 12.3 Å². The number of hydrogen-bond donors (Lipinski definition) is 1. The third-order valence-corrected chi connectivity index (χ3v) is 2.45. The minimum absolute atomic E-state index is 0.224. The quantitative estimate of drug-likeness (QED) is 0.667. The van der Waals surface area contributed by atoms with Gasteiger partial charge in [-0.1, -0.05) is 12.1 Å². The molecule has 2 rings (SSSR count). The van der Waals surface area contributed by atoms with Crippen molar-refractivity contribution in [3.8, 4) is 0 Å². The van der Waals surface area contributed by atoms with Gasteiger partial charge in [0.2, 0.25) is 5.82 Å². The molecule has 0 amide bonds. The van der Waals surface area contributed by atoms with Crippen LogP contribution in [-0.4, -0.2) is 15.0 Å². The molecule has 1 heterocycles. The first-order valence-corrected chi connectivity index (χ1v) is 5.12. The minimum Gasteiger partial charge on any atom is -0.382 e. The summed E-state index contributed by atoms with van der Waals surface area (Å²) < 4.78 is 13.1. The lowest BCUT2D eigenvalue weighted by molar-refractivity contribution is -0.387. The molecule has 0 saturated carbocycles. The third-order valence-electron chi connectivity index (χ3n) is 2.45. The summed E-state index contributed by atoms with van der Waals surface area (Å²) in [5.41, 5.74) is -0.0947. The van der Waals surface area contributed by atoms with Gasteiger partial charge in [0.15, 0.2) is 0 Å². The minimum atomic E-state index is -1.12. The standard InChI is InChI=1S/C12H9FN2O3/c13-9-5-4-8(7-11(9)15(17)18)12(16)10-3-1-2-6-14-10/h1-7,12,16H. The lowest BCUT2D eigenvalue weighted by atomic mass is 10.1. The topological polar surface area (TPSA) is 76.3 Å². The maximum absolute atomic E-state index is 13.1. The zero-order valence-electron chi connectivity index (χ0n) is 9.15. The number of pyridine rings is 1. The van der Waals surface area contributed by atoms with Gasteiger partial charge in [-0.05, 0) is 23.8 Å². The Labute approximate surface area is 102 Å². The summed E-state index contributed by atoms with van der Waals surface area (Å²) in [5, 5.41) is 20.6. The molecule has 0 spiro atoms. The molecule has 0 saturated heterocycles. The lowest BCUT2D eigenvalue weighted by Crippen LogP contribution is -2.03. The predicted octanol–water partition coefficient (Wildman–Crippen LogP) is 2.21. The molecule has 0 bridgehead atoms. The molecule has 0 radical (unpaired) electrons. The molecule has 1 unspecified atom stereocenters. The Morgan fingerprint density at radius 1 is 1.33 bits per heavy atom. The van der Waals surface area contributed by atoms with Crippen molar-refractivity contribution in [3.63, 3.8) is 0 Å². The highest BCUT2D eigenvalue weighted by Crippen LogP contribution is 2.25. The van der Waals surface area contributed by atoms with E-state index in [9.17, 15) is 19.6 Å². The zero-order valence-corrected chi connectivity index (χ0v) is 9.15. The molecule has 0 aliphatic heterocycles. The van der Waals surface area contributed by atoms with Crippen molar-refractivity contribution in [2.75, 3.05) is 0 Å². The molecule has 1 N–H and O–H groups in total. The van der Waals surface area contributed by atoms with Crippen LogP contribution in [0.25, 0.3) is 0 Å². The fourth-order valence-electron chi connectivity index (χ4n) is 1.55. The molecule has 2 aromatic rings. The lowest BCUT2D eigenvalue weighted by Gasteiger charge is -2.10. The molecule has 0 fully saturated rings. The second-order valence-electron chi connectivity index (χ2n) is 3.63. The van der Waals surface area contributed by atoms with Crippen molar-refractivity contribution in [3.05, 3.63) is 69.8 Å². The van der Waals surface area contributed by atoms with E-state index in [0.29, 0.717) is 5.69 Å². The largest absolute Gasteiger partial charge is 0.382 e. The molecular weight excluding hydrogens is 239 g/mol. The van der Waals surface area contributed by atoms with E-state index in [0.717, 1.165) is 12.1 Å². The molecule has 0 aliphatic carbocycles. The Morgan fingerprint density at radius 2 is 2.11 bits per heavy atom. The first kappa shape index (κ1) is 12.1. The highest BCUT2D eigenvalue weighted by atomic mass is 19.1. The van der Waals surface area contributed by atoms with E-state index in [2.05, 4.69) is 4.98 Å². The van der Waals surface area contributed by atoms with Gasteiger partial charge in [-0.3, -0.25) is 15.1 Å². The number of nitrogens with zero attached hydrogens (tertiary/aromatic N) is 2. The number of rotatable bonds is 3. The molecule has 1 aromatic heterocycles. The van der Waals surface area contributed by atoms with E-state index >= 15 is 0 Å². The Balaban J connectivity index is 2.40. The van der Waals surface area contributed by atoms with Crippen LogP contribution in [0.15, 0.2) is 42.6 Å². The van der Waals surface area contributed by atoms with Gasteiger partial charge >= 0.3 is 5.69 Å². The van der Waals surface area contributed by atoms with Crippen molar-refractivity contribution in [1.82, 2.24) is 4.98 Å². The zero-order chi connectivity index (χ0) is 13.1. The molecule has 1 aromatic carbocycles. The van der Waals surface area contributed by atoms with Crippen molar-refractivity contribution in [2.45, 2.75) is 6.10 Å². The van der Waals surface area contributed by atoms with Gasteiger partial charge in [-0.25, -0.2) is 0 Å². The average Bonchev–Trinajstić information content (AvgIpc) is 2.39. The molecule has 18 heavy (non-hydrogen) atoms. The second kappa shape index (κ2) is 4.89. The Hall–Kier alpha value is -2.34. The summed E-state index contributed by atoms with van der Waals surface area (Å²) in [6.45, 7) is 0. The number of benzene rings is 1. The molecule has 1 atom stereocenters. The molecule has 6 heteroatoms. The van der Waals surface area contributed by atoms with Crippen LogP contribution in [0, 0.1) is 15.9 Å². The van der Waals surface area contributed by atoms with Gasteiger partial charge in [0.05, 0.1) is 10.6 Å². The van der Waals surface area contributed by atoms with Crippen LogP contribution in [0.2, 0.25) is 0 Å². The first-order chi connectivity index (χ1) is 8.59. The number of aliphatic hydroxyl groups is 1. The number of aliphatic hydroxyl groups excluding tert-OH is 1. The van der Waals surface area contributed by atoms with Crippen LogP contribution in [0.3, 0.4) is 0 Å². The van der Waals surface area contributed by atoms with E-state index in [4.69, 9.17) is 0 Å². The van der Waals surface area contributed by atoms with Gasteiger partial charge in [-0.2, -0.15) is 4.39 Å². The third kappa shape index (κ3) is 2.33. The normalized spacial score (nSPS) is 12.1. The molecule has 0 aliphatic rings. The fraction of sp³-hybridized carbons (Fsp3) is 0.0833. The van der Waals surface area contributed by atoms with Crippen LogP contribution in [0.1, 0.15) is 17.4 Å². The van der Waals surface area contributed by atoms with Gasteiger partial charge in [-0.15, -0.1) is 0 Å². The van der Waals surface area contributed by atoms with E-state index < -0.39 is 22.5 Å². The maximum Gasteiger partial charge on any atom is 0.305 e. The Morgan fingerprint density at radius 3 is 2.72 bits per heavy atom. The summed E-state index contributed by atoms with van der Waals surface area (Å²) in [7, 11) is 0. The van der Waals surface area contributed by atoms with Crippen LogP contribution in [0.5, 0.6) is 0 Å². The summed E-state index contributed by atoms with van der Waals surface area (Å²) in [5.74, 6) is -0.933. The summed E-state index contributed by atoms with van der Waals surface area (Å²) in [6.07, 6.45) is 0.377. The summed E-state index contributed by atoms with van der Waals surface area (Å²) in [6, 6.07) is 8.21. The Bertz CT molecular complexity index is 575. The van der Waals surface area contributed by atoms with Crippen LogP contribution >= 0.6 is 0 Å². The summed E-state index contributed by atoms with van der Waals surface area (Å²) >= 11 is 0. The predicted molar refractivity (Wildman–Crippen MR) is 61.4 cm³/mol. The van der Waals surface area contributed by atoms with Crippen molar-refractivity contribution in [1.29, 1.82) is 0 Å². The number of hydrogen-bond acceptors (Lipinski definition) is 4. The number of aromatic nitrogens is 1. The molecule has 92 valence electrons. The van der Waals surface area contributed by atoms with Crippen LogP contribution < -0.4 is 0 Å². The first-order valence-electron chi connectivity index (χ1n) is 5.12. The molecular formula is C12H9FN2O3. The highest BCUT2D eigenvalue weighted by Gasteiger charge is 2.19.